The second kappa shape index (κ2) is 10.5. The summed E-state index contributed by atoms with van der Waals surface area (Å²) in [6.07, 6.45) is 5.95. The number of halogens is 1. The monoisotopic (exact) mass is 529 g/mol. The molecule has 4 heterocycles. The number of pyridine rings is 1. The average molecular weight is 530 g/mol. The SMILES string of the molecule is CC(C)N1CCN(c2ccc(-c3ccnc4ccc(C=C5SC(N6CCCC6)=NC5=O)cc34)cc2F)CC1. The van der Waals surface area contributed by atoms with E-state index < -0.39 is 0 Å². The molecule has 196 valence electrons. The third-order valence-corrected chi connectivity index (χ3v) is 8.74. The highest BCUT2D eigenvalue weighted by atomic mass is 32.2. The van der Waals surface area contributed by atoms with Crippen LogP contribution in [0.4, 0.5) is 10.1 Å². The number of anilines is 1. The lowest BCUT2D eigenvalue weighted by Crippen LogP contribution is -2.49. The summed E-state index contributed by atoms with van der Waals surface area (Å²) in [5.74, 6) is -0.390. The van der Waals surface area contributed by atoms with Crippen molar-refractivity contribution in [2.75, 3.05) is 44.2 Å². The molecule has 0 saturated carbocycles. The van der Waals surface area contributed by atoms with Crippen molar-refractivity contribution in [1.82, 2.24) is 14.8 Å². The standard InChI is InChI=1S/C30H32FN5OS/c1-20(2)34-13-15-35(16-14-34)27-8-6-22(19-25(27)31)23-9-10-32-26-7-5-21(17-24(23)26)18-28-29(37)33-30(38-28)36-11-3-4-12-36/h5-10,17-20H,3-4,11-16H2,1-2H3. The largest absolute Gasteiger partial charge is 0.367 e. The number of likely N-dealkylation sites (tertiary alicyclic amines) is 1. The van der Waals surface area contributed by atoms with E-state index in [-0.39, 0.29) is 11.7 Å². The Balaban J connectivity index is 1.26. The van der Waals surface area contributed by atoms with Gasteiger partial charge in [-0.05, 0) is 91.5 Å². The molecule has 3 aromatic rings. The van der Waals surface area contributed by atoms with Crippen LogP contribution in [0.15, 0.2) is 58.6 Å². The van der Waals surface area contributed by atoms with Crippen LogP contribution in [0.1, 0.15) is 32.3 Å². The minimum Gasteiger partial charge on any atom is -0.367 e. The fraction of sp³-hybridized carbons (Fsp3) is 0.367. The number of fused-ring (bicyclic) bond motifs is 1. The van der Waals surface area contributed by atoms with Crippen LogP contribution < -0.4 is 4.90 Å². The number of benzene rings is 2. The molecule has 0 aliphatic carbocycles. The summed E-state index contributed by atoms with van der Waals surface area (Å²) in [7, 11) is 0. The average Bonchev–Trinajstić information content (AvgIpc) is 3.59. The molecule has 0 spiro atoms. The van der Waals surface area contributed by atoms with Gasteiger partial charge in [0.05, 0.1) is 16.1 Å². The van der Waals surface area contributed by atoms with E-state index in [1.165, 1.54) is 11.8 Å². The second-order valence-electron chi connectivity index (χ2n) is 10.4. The van der Waals surface area contributed by atoms with Gasteiger partial charge in [0.15, 0.2) is 5.17 Å². The Labute approximate surface area is 227 Å². The second-order valence-corrected chi connectivity index (χ2v) is 11.4. The van der Waals surface area contributed by atoms with E-state index in [0.29, 0.717) is 16.6 Å². The topological polar surface area (TPSA) is 52.0 Å². The predicted octanol–water partition coefficient (Wildman–Crippen LogP) is 5.64. The Morgan fingerprint density at radius 3 is 2.47 bits per heavy atom. The highest BCUT2D eigenvalue weighted by molar-refractivity contribution is 8.18. The van der Waals surface area contributed by atoms with Crippen molar-refractivity contribution < 1.29 is 9.18 Å². The van der Waals surface area contributed by atoms with E-state index >= 15 is 4.39 Å². The van der Waals surface area contributed by atoms with Crippen molar-refractivity contribution in [3.8, 4) is 11.1 Å². The number of nitrogens with zero attached hydrogens (tertiary/aromatic N) is 5. The highest BCUT2D eigenvalue weighted by Gasteiger charge is 2.27. The first kappa shape index (κ1) is 25.1. The maximum Gasteiger partial charge on any atom is 0.286 e. The van der Waals surface area contributed by atoms with E-state index in [4.69, 9.17) is 0 Å². The maximum absolute atomic E-state index is 15.4. The number of rotatable bonds is 4. The molecule has 3 aliphatic rings. The fourth-order valence-corrected chi connectivity index (χ4v) is 6.47. The van der Waals surface area contributed by atoms with Gasteiger partial charge in [-0.3, -0.25) is 14.7 Å². The molecule has 0 radical (unpaired) electrons. The van der Waals surface area contributed by atoms with Gasteiger partial charge >= 0.3 is 0 Å². The summed E-state index contributed by atoms with van der Waals surface area (Å²) in [4.78, 5) is 28.8. The number of aromatic nitrogens is 1. The highest BCUT2D eigenvalue weighted by Crippen LogP contribution is 2.35. The van der Waals surface area contributed by atoms with Crippen molar-refractivity contribution in [1.29, 1.82) is 0 Å². The first-order valence-electron chi connectivity index (χ1n) is 13.4. The molecule has 0 bridgehead atoms. The molecule has 6 nitrogen and oxygen atoms in total. The zero-order valence-electron chi connectivity index (χ0n) is 21.9. The van der Waals surface area contributed by atoms with Gasteiger partial charge in [-0.2, -0.15) is 4.99 Å². The molecular weight excluding hydrogens is 497 g/mol. The summed E-state index contributed by atoms with van der Waals surface area (Å²) < 4.78 is 15.4. The lowest BCUT2D eigenvalue weighted by atomic mass is 9.99. The number of amides is 1. The van der Waals surface area contributed by atoms with Gasteiger partial charge < -0.3 is 9.80 Å². The predicted molar refractivity (Wildman–Crippen MR) is 155 cm³/mol. The number of hydrogen-bond donors (Lipinski definition) is 0. The van der Waals surface area contributed by atoms with E-state index in [1.54, 1.807) is 12.3 Å². The van der Waals surface area contributed by atoms with Gasteiger partial charge in [0.1, 0.15) is 5.82 Å². The molecule has 2 fully saturated rings. The molecule has 0 N–H and O–H groups in total. The van der Waals surface area contributed by atoms with Crippen molar-refractivity contribution in [3.05, 3.63) is 64.9 Å². The number of amidine groups is 1. The number of thioether (sulfide) groups is 1. The molecule has 1 aromatic heterocycles. The molecule has 8 heteroatoms. The maximum atomic E-state index is 15.4. The third kappa shape index (κ3) is 4.95. The van der Waals surface area contributed by atoms with Gasteiger partial charge in [-0.25, -0.2) is 4.39 Å². The van der Waals surface area contributed by atoms with E-state index in [0.717, 1.165) is 84.9 Å². The van der Waals surface area contributed by atoms with Crippen LogP contribution >= 0.6 is 11.8 Å². The van der Waals surface area contributed by atoms with Crippen molar-refractivity contribution in [2.45, 2.75) is 32.7 Å². The number of carbonyl (C=O) groups is 1. The van der Waals surface area contributed by atoms with E-state index in [9.17, 15) is 4.79 Å². The Bertz CT molecular complexity index is 1440. The smallest absolute Gasteiger partial charge is 0.286 e. The Kier molecular flexibility index (Phi) is 6.93. The van der Waals surface area contributed by atoms with Crippen LogP contribution in [0.2, 0.25) is 0 Å². The van der Waals surface area contributed by atoms with Gasteiger partial charge in [-0.15, -0.1) is 0 Å². The molecule has 1 amide bonds. The van der Waals surface area contributed by atoms with Gasteiger partial charge in [0, 0.05) is 56.9 Å². The van der Waals surface area contributed by atoms with Crippen LogP contribution in [0.3, 0.4) is 0 Å². The minimum absolute atomic E-state index is 0.185. The summed E-state index contributed by atoms with van der Waals surface area (Å²) >= 11 is 1.45. The van der Waals surface area contributed by atoms with Crippen molar-refractivity contribution in [2.24, 2.45) is 4.99 Å². The third-order valence-electron chi connectivity index (χ3n) is 7.69. The van der Waals surface area contributed by atoms with Gasteiger partial charge in [-0.1, -0.05) is 12.1 Å². The number of piperazine rings is 1. The van der Waals surface area contributed by atoms with Gasteiger partial charge in [0.2, 0.25) is 0 Å². The molecule has 38 heavy (non-hydrogen) atoms. The van der Waals surface area contributed by atoms with Crippen LogP contribution in [0.5, 0.6) is 0 Å². The quantitative estimate of drug-likeness (QED) is 0.408. The number of aliphatic imine (C=N–C) groups is 1. The first-order chi connectivity index (χ1) is 18.5. The summed E-state index contributed by atoms with van der Waals surface area (Å²) in [6.45, 7) is 9.86. The fourth-order valence-electron chi connectivity index (χ4n) is 5.51. The lowest BCUT2D eigenvalue weighted by molar-refractivity contribution is -0.113. The van der Waals surface area contributed by atoms with E-state index in [2.05, 4.69) is 38.5 Å². The number of carbonyl (C=O) groups excluding carboxylic acids is 1. The zero-order valence-corrected chi connectivity index (χ0v) is 22.7. The molecule has 0 atom stereocenters. The summed E-state index contributed by atoms with van der Waals surface area (Å²) in [6, 6.07) is 13.9. The molecule has 2 saturated heterocycles. The summed E-state index contributed by atoms with van der Waals surface area (Å²) in [5, 5.41) is 1.73. The molecule has 2 aromatic carbocycles. The Morgan fingerprint density at radius 1 is 0.947 bits per heavy atom. The summed E-state index contributed by atoms with van der Waals surface area (Å²) in [5.41, 5.74) is 4.13. The Morgan fingerprint density at radius 2 is 1.74 bits per heavy atom. The van der Waals surface area contributed by atoms with Crippen molar-refractivity contribution >= 4 is 45.5 Å². The normalized spacial score (nSPS) is 19.8. The van der Waals surface area contributed by atoms with Gasteiger partial charge in [0.25, 0.3) is 5.91 Å². The van der Waals surface area contributed by atoms with Crippen LogP contribution in [0, 0.1) is 5.82 Å². The Hall–Kier alpha value is -3.23. The van der Waals surface area contributed by atoms with Crippen LogP contribution in [0.25, 0.3) is 28.1 Å². The lowest BCUT2D eigenvalue weighted by Gasteiger charge is -2.38. The zero-order chi connectivity index (χ0) is 26.2. The van der Waals surface area contributed by atoms with Crippen molar-refractivity contribution in [3.63, 3.8) is 0 Å². The molecular formula is C30H32FN5OS. The molecule has 3 aliphatic heterocycles. The first-order valence-corrected chi connectivity index (χ1v) is 14.2. The van der Waals surface area contributed by atoms with Crippen LogP contribution in [-0.2, 0) is 4.79 Å². The van der Waals surface area contributed by atoms with Crippen LogP contribution in [-0.4, -0.2) is 71.2 Å². The molecule has 0 unspecified atom stereocenters. The minimum atomic E-state index is -0.205. The van der Waals surface area contributed by atoms with E-state index in [1.807, 2.05) is 42.5 Å². The molecule has 6 rings (SSSR count). The number of hydrogen-bond acceptors (Lipinski definition) is 6.